The van der Waals surface area contributed by atoms with Crippen molar-refractivity contribution in [2.45, 2.75) is 19.1 Å². The molecule has 144 valence electrons. The van der Waals surface area contributed by atoms with Gasteiger partial charge in [0.15, 0.2) is 6.10 Å². The average molecular weight is 390 g/mol. The summed E-state index contributed by atoms with van der Waals surface area (Å²) in [6.07, 6.45) is 1.42. The smallest absolute Gasteiger partial charge is 0.408 e. The van der Waals surface area contributed by atoms with Crippen LogP contribution >= 0.6 is 0 Å². The second-order valence-electron chi connectivity index (χ2n) is 6.74. The fourth-order valence-corrected chi connectivity index (χ4v) is 3.22. The van der Waals surface area contributed by atoms with Crippen LogP contribution in [0.1, 0.15) is 40.0 Å². The number of benzene rings is 2. The monoisotopic (exact) mass is 390 g/mol. The fourth-order valence-electron chi connectivity index (χ4n) is 3.22. The number of nitrogens with zero attached hydrogens (tertiary/aromatic N) is 1. The maximum atomic E-state index is 14.2. The third-order valence-electron chi connectivity index (χ3n) is 4.56. The van der Waals surface area contributed by atoms with Gasteiger partial charge >= 0.3 is 6.09 Å². The van der Waals surface area contributed by atoms with E-state index in [4.69, 9.17) is 4.74 Å². The minimum Gasteiger partial charge on any atom is -0.439 e. The Labute approximate surface area is 166 Å². The number of halogens is 2. The summed E-state index contributed by atoms with van der Waals surface area (Å²) in [5.74, 6) is 4.84. The molecule has 2 aromatic carbocycles. The van der Waals surface area contributed by atoms with Gasteiger partial charge in [-0.2, -0.15) is 0 Å². The molecule has 1 saturated heterocycles. The minimum absolute atomic E-state index is 0.0374. The maximum absolute atomic E-state index is 14.2. The Morgan fingerprint density at radius 1 is 1.03 bits per heavy atom. The summed E-state index contributed by atoms with van der Waals surface area (Å²) >= 11 is 0. The third kappa shape index (κ3) is 4.09. The average Bonchev–Trinajstić information content (AvgIpc) is 3.10. The second-order valence-corrected chi connectivity index (χ2v) is 6.74. The molecule has 29 heavy (non-hydrogen) atoms. The SMILES string of the molecule is Cc1cccc(C#Cc2cncc([C@H]3NC(=O)O[C@@H]3c3cc(F)ccc3F)c2)c1. The number of pyridine rings is 1. The molecule has 2 atom stereocenters. The Bertz CT molecular complexity index is 1150. The first-order valence-electron chi connectivity index (χ1n) is 8.95. The van der Waals surface area contributed by atoms with E-state index in [1.807, 2.05) is 31.2 Å². The van der Waals surface area contributed by atoms with E-state index < -0.39 is 29.9 Å². The van der Waals surface area contributed by atoms with E-state index >= 15 is 0 Å². The van der Waals surface area contributed by atoms with Crippen LogP contribution in [0.5, 0.6) is 0 Å². The number of amides is 1. The topological polar surface area (TPSA) is 51.2 Å². The summed E-state index contributed by atoms with van der Waals surface area (Å²) in [4.78, 5) is 16.0. The van der Waals surface area contributed by atoms with Crippen LogP contribution in [-0.4, -0.2) is 11.1 Å². The van der Waals surface area contributed by atoms with E-state index in [9.17, 15) is 13.6 Å². The highest BCUT2D eigenvalue weighted by Crippen LogP contribution is 2.37. The molecule has 0 unspecified atom stereocenters. The van der Waals surface area contributed by atoms with E-state index in [0.29, 0.717) is 11.1 Å². The van der Waals surface area contributed by atoms with Crippen molar-refractivity contribution in [2.24, 2.45) is 0 Å². The number of hydrogen-bond acceptors (Lipinski definition) is 3. The standard InChI is InChI=1S/C23H16F2N2O2/c1-14-3-2-4-15(9-14)5-6-16-10-17(13-26-12-16)21-22(29-23(28)27-21)19-11-18(24)7-8-20(19)25/h2-4,7-13,21-22H,1H3,(H,27,28)/t21-,22-/m1/s1. The number of cyclic esters (lactones) is 1. The number of alkyl carbamates (subject to hydrolysis) is 1. The zero-order valence-electron chi connectivity index (χ0n) is 15.4. The number of rotatable bonds is 2. The number of aromatic nitrogens is 1. The van der Waals surface area contributed by atoms with E-state index in [-0.39, 0.29) is 5.56 Å². The van der Waals surface area contributed by atoms with Crippen molar-refractivity contribution in [1.29, 1.82) is 0 Å². The van der Waals surface area contributed by atoms with Crippen molar-refractivity contribution < 1.29 is 18.3 Å². The van der Waals surface area contributed by atoms with Gasteiger partial charge in [-0.05, 0) is 54.4 Å². The summed E-state index contributed by atoms with van der Waals surface area (Å²) in [7, 11) is 0. The molecule has 2 heterocycles. The van der Waals surface area contributed by atoms with Crippen LogP contribution < -0.4 is 5.32 Å². The van der Waals surface area contributed by atoms with E-state index in [1.54, 1.807) is 18.5 Å². The summed E-state index contributed by atoms with van der Waals surface area (Å²) in [6, 6.07) is 11.9. The number of nitrogens with one attached hydrogen (secondary N) is 1. The molecule has 0 radical (unpaired) electrons. The molecular weight excluding hydrogens is 374 g/mol. The molecule has 1 fully saturated rings. The van der Waals surface area contributed by atoms with Gasteiger partial charge in [0.05, 0.1) is 0 Å². The normalized spacial score (nSPS) is 17.8. The van der Waals surface area contributed by atoms with Crippen LogP contribution in [0, 0.1) is 30.4 Å². The van der Waals surface area contributed by atoms with Gasteiger partial charge in [0.1, 0.15) is 17.7 Å². The van der Waals surface area contributed by atoms with Crippen molar-refractivity contribution in [3.05, 3.63) is 100 Å². The first-order valence-corrected chi connectivity index (χ1v) is 8.95. The summed E-state index contributed by atoms with van der Waals surface area (Å²) in [5, 5.41) is 2.64. The van der Waals surface area contributed by atoms with Crippen molar-refractivity contribution >= 4 is 6.09 Å². The van der Waals surface area contributed by atoms with Gasteiger partial charge in [-0.25, -0.2) is 13.6 Å². The molecule has 1 amide bonds. The molecular formula is C23H16F2N2O2. The molecule has 0 bridgehead atoms. The summed E-state index contributed by atoms with van der Waals surface area (Å²) in [6.45, 7) is 1.99. The van der Waals surface area contributed by atoms with Crippen LogP contribution in [0.25, 0.3) is 0 Å². The quantitative estimate of drug-likeness (QED) is 0.651. The molecule has 1 N–H and O–H groups in total. The van der Waals surface area contributed by atoms with Gasteiger partial charge in [0.25, 0.3) is 0 Å². The molecule has 4 rings (SSSR count). The predicted octanol–water partition coefficient (Wildman–Crippen LogP) is 4.59. The largest absolute Gasteiger partial charge is 0.439 e. The van der Waals surface area contributed by atoms with Crippen LogP contribution in [0.4, 0.5) is 13.6 Å². The molecule has 1 aliphatic rings. The van der Waals surface area contributed by atoms with E-state index in [1.165, 1.54) is 0 Å². The van der Waals surface area contributed by atoms with Crippen LogP contribution in [0.3, 0.4) is 0 Å². The Hall–Kier alpha value is -3.72. The predicted molar refractivity (Wildman–Crippen MR) is 103 cm³/mol. The Morgan fingerprint density at radius 2 is 1.86 bits per heavy atom. The molecule has 0 spiro atoms. The number of ether oxygens (including phenoxy) is 1. The van der Waals surface area contributed by atoms with Crippen molar-refractivity contribution in [3.8, 4) is 11.8 Å². The third-order valence-corrected chi connectivity index (χ3v) is 4.56. The molecule has 0 saturated carbocycles. The zero-order valence-corrected chi connectivity index (χ0v) is 15.4. The van der Waals surface area contributed by atoms with Gasteiger partial charge < -0.3 is 10.1 Å². The zero-order chi connectivity index (χ0) is 20.4. The first-order chi connectivity index (χ1) is 14.0. The lowest BCUT2D eigenvalue weighted by Gasteiger charge is -2.18. The van der Waals surface area contributed by atoms with Crippen LogP contribution in [0.15, 0.2) is 60.9 Å². The second kappa shape index (κ2) is 7.72. The van der Waals surface area contributed by atoms with Gasteiger partial charge in [0.2, 0.25) is 0 Å². The van der Waals surface area contributed by atoms with E-state index in [2.05, 4.69) is 22.1 Å². The number of hydrogen-bond donors (Lipinski definition) is 1. The van der Waals surface area contributed by atoms with Gasteiger partial charge in [-0.3, -0.25) is 4.98 Å². The lowest BCUT2D eigenvalue weighted by atomic mass is 9.96. The highest BCUT2D eigenvalue weighted by atomic mass is 19.1. The van der Waals surface area contributed by atoms with Crippen LogP contribution in [0.2, 0.25) is 0 Å². The Balaban J connectivity index is 1.66. The summed E-state index contributed by atoms with van der Waals surface area (Å²) in [5.41, 5.74) is 3.15. The first kappa shape index (κ1) is 18.6. The molecule has 6 heteroatoms. The van der Waals surface area contributed by atoms with Crippen molar-refractivity contribution in [2.75, 3.05) is 0 Å². The lowest BCUT2D eigenvalue weighted by Crippen LogP contribution is -2.20. The molecule has 1 aliphatic heterocycles. The highest BCUT2D eigenvalue weighted by molar-refractivity contribution is 5.71. The Kier molecular flexibility index (Phi) is 4.96. The van der Waals surface area contributed by atoms with Gasteiger partial charge in [-0.15, -0.1) is 0 Å². The lowest BCUT2D eigenvalue weighted by molar-refractivity contribution is 0.130. The van der Waals surface area contributed by atoms with Crippen molar-refractivity contribution in [3.63, 3.8) is 0 Å². The highest BCUT2D eigenvalue weighted by Gasteiger charge is 2.38. The van der Waals surface area contributed by atoms with E-state index in [0.717, 1.165) is 29.3 Å². The molecule has 1 aromatic heterocycles. The van der Waals surface area contributed by atoms with Crippen molar-refractivity contribution in [1.82, 2.24) is 10.3 Å². The number of carbonyl (C=O) groups excluding carboxylic acids is 1. The fraction of sp³-hybridized carbons (Fsp3) is 0.130. The van der Waals surface area contributed by atoms with Crippen LogP contribution in [-0.2, 0) is 4.74 Å². The Morgan fingerprint density at radius 3 is 2.69 bits per heavy atom. The molecule has 0 aliphatic carbocycles. The molecule has 3 aromatic rings. The number of carbonyl (C=O) groups is 1. The number of aryl methyl sites for hydroxylation is 1. The maximum Gasteiger partial charge on any atom is 0.408 e. The van der Waals surface area contributed by atoms with Gasteiger partial charge in [-0.1, -0.05) is 24.0 Å². The molecule has 4 nitrogen and oxygen atoms in total. The minimum atomic E-state index is -1.01. The van der Waals surface area contributed by atoms with Gasteiger partial charge in [0, 0.05) is 29.1 Å². The summed E-state index contributed by atoms with van der Waals surface area (Å²) < 4.78 is 33.1.